The van der Waals surface area contributed by atoms with Crippen molar-refractivity contribution >= 4 is 17.7 Å². The van der Waals surface area contributed by atoms with E-state index >= 15 is 0 Å². The molecule has 31 heavy (non-hydrogen) atoms. The Bertz CT molecular complexity index is 546. The molecule has 4 nitrogen and oxygen atoms in total. The lowest BCUT2D eigenvalue weighted by Crippen LogP contribution is -2.26. The number of fused-ring (bicyclic) bond motifs is 2. The number of hydrogen-bond acceptors (Lipinski definition) is 4. The van der Waals surface area contributed by atoms with Crippen LogP contribution in [0.5, 0.6) is 0 Å². The molecule has 5 heteroatoms. The average molecular weight is 453 g/mol. The topological polar surface area (TPSA) is 66.8 Å². The van der Waals surface area contributed by atoms with E-state index in [0.717, 1.165) is 43.1 Å². The average Bonchev–Trinajstić information content (AvgIpc) is 3.35. The Morgan fingerprint density at radius 2 is 1.77 bits per heavy atom. The quantitative estimate of drug-likeness (QED) is 0.228. The van der Waals surface area contributed by atoms with Gasteiger partial charge in [0, 0.05) is 12.2 Å². The van der Waals surface area contributed by atoms with Gasteiger partial charge in [0.05, 0.1) is 18.3 Å². The largest absolute Gasteiger partial charge is 0.481 e. The lowest BCUT2D eigenvalue weighted by molar-refractivity contribution is -0.137. The maximum Gasteiger partial charge on any atom is 0.303 e. The molecule has 178 valence electrons. The number of carbonyl (C=O) groups is 1. The van der Waals surface area contributed by atoms with Crippen molar-refractivity contribution < 1.29 is 19.7 Å². The van der Waals surface area contributed by atoms with Gasteiger partial charge in [0.2, 0.25) is 0 Å². The fraction of sp³-hybridized carbons (Fsp3) is 0.885. The van der Waals surface area contributed by atoms with Crippen molar-refractivity contribution in [3.05, 3.63) is 12.2 Å². The standard InChI is InChI=1S/C26H44O4S/c27-21(18-20-10-4-3-5-11-20)19-31-17-9-8-13-23-22(24-15-16-25(23)30-24)12-6-1-2-7-14-26(28)29/h1,6,20-25,27H,2-5,7-19H2,(H,28,29)/b6-1-/t21?,22-,23+,24-,25+/m1/s1. The van der Waals surface area contributed by atoms with E-state index in [-0.39, 0.29) is 12.5 Å². The van der Waals surface area contributed by atoms with Crippen LogP contribution in [0, 0.1) is 17.8 Å². The third kappa shape index (κ3) is 8.74. The van der Waals surface area contributed by atoms with Crippen molar-refractivity contribution in [1.29, 1.82) is 0 Å². The molecule has 3 rings (SSSR count). The highest BCUT2D eigenvalue weighted by atomic mass is 32.2. The molecule has 1 saturated carbocycles. The van der Waals surface area contributed by atoms with Gasteiger partial charge in [0.25, 0.3) is 0 Å². The predicted molar refractivity (Wildman–Crippen MR) is 128 cm³/mol. The minimum Gasteiger partial charge on any atom is -0.481 e. The van der Waals surface area contributed by atoms with Crippen LogP contribution in [0.3, 0.4) is 0 Å². The van der Waals surface area contributed by atoms with E-state index < -0.39 is 5.97 Å². The SMILES string of the molecule is O=C(O)CCC/C=C\C[C@@H]1[C@H](CCCCSCC(O)CC2CCCCC2)[C@@H]2CC[C@H]1O2. The lowest BCUT2D eigenvalue weighted by atomic mass is 9.75. The Hall–Kier alpha value is -0.520. The molecular formula is C26H44O4S. The minimum absolute atomic E-state index is 0.112. The van der Waals surface area contributed by atoms with Crippen LogP contribution in [0.4, 0.5) is 0 Å². The number of carboxylic acid groups (broad SMARTS) is 1. The number of thioether (sulfide) groups is 1. The van der Waals surface area contributed by atoms with E-state index in [4.69, 9.17) is 9.84 Å². The van der Waals surface area contributed by atoms with Crippen LogP contribution in [0.1, 0.15) is 96.3 Å². The second kappa shape index (κ2) is 13.9. The molecule has 2 bridgehead atoms. The third-order valence-electron chi connectivity index (χ3n) is 7.64. The van der Waals surface area contributed by atoms with Gasteiger partial charge in [-0.3, -0.25) is 4.79 Å². The number of hydrogen-bond donors (Lipinski definition) is 2. The van der Waals surface area contributed by atoms with Gasteiger partial charge in [0.15, 0.2) is 0 Å². The molecule has 0 radical (unpaired) electrons. The fourth-order valence-electron chi connectivity index (χ4n) is 6.02. The summed E-state index contributed by atoms with van der Waals surface area (Å²) >= 11 is 1.94. The number of aliphatic carboxylic acids is 1. The van der Waals surface area contributed by atoms with Crippen molar-refractivity contribution in [2.45, 2.75) is 115 Å². The Balaban J connectivity index is 1.25. The number of aliphatic hydroxyl groups excluding tert-OH is 1. The monoisotopic (exact) mass is 452 g/mol. The smallest absolute Gasteiger partial charge is 0.303 e. The van der Waals surface area contributed by atoms with Crippen LogP contribution >= 0.6 is 11.8 Å². The molecule has 2 saturated heterocycles. The summed E-state index contributed by atoms with van der Waals surface area (Å²) in [6, 6.07) is 0. The van der Waals surface area contributed by atoms with Gasteiger partial charge < -0.3 is 14.9 Å². The number of rotatable bonds is 15. The Kier molecular flexibility index (Phi) is 11.3. The molecule has 2 heterocycles. The maximum absolute atomic E-state index is 10.6. The highest BCUT2D eigenvalue weighted by Gasteiger charge is 2.47. The van der Waals surface area contributed by atoms with Gasteiger partial charge in [-0.05, 0) is 74.9 Å². The van der Waals surface area contributed by atoms with Gasteiger partial charge in [0.1, 0.15) is 0 Å². The molecule has 0 aromatic heterocycles. The lowest BCUT2D eigenvalue weighted by Gasteiger charge is -2.27. The highest BCUT2D eigenvalue weighted by molar-refractivity contribution is 7.99. The van der Waals surface area contributed by atoms with E-state index in [1.807, 2.05) is 11.8 Å². The number of unbranched alkanes of at least 4 members (excludes halogenated alkanes) is 2. The number of carboxylic acids is 1. The number of allylic oxidation sites excluding steroid dienone is 2. The van der Waals surface area contributed by atoms with Crippen molar-refractivity contribution in [3.63, 3.8) is 0 Å². The Morgan fingerprint density at radius 1 is 1.00 bits per heavy atom. The zero-order valence-corrected chi connectivity index (χ0v) is 20.1. The summed E-state index contributed by atoms with van der Waals surface area (Å²) in [5, 5.41) is 19.1. The summed E-state index contributed by atoms with van der Waals surface area (Å²) in [7, 11) is 0. The van der Waals surface area contributed by atoms with Crippen molar-refractivity contribution in [2.24, 2.45) is 17.8 Å². The first kappa shape index (κ1) is 25.1. The predicted octanol–water partition coefficient (Wildman–Crippen LogP) is 6.22. The van der Waals surface area contributed by atoms with E-state index in [1.165, 1.54) is 64.2 Å². The molecule has 2 N–H and O–H groups in total. The first-order valence-corrected chi connectivity index (χ1v) is 14.1. The van der Waals surface area contributed by atoms with E-state index in [9.17, 15) is 9.90 Å². The normalized spacial score (nSPS) is 29.7. The van der Waals surface area contributed by atoms with Crippen LogP contribution in [-0.4, -0.2) is 46.0 Å². The van der Waals surface area contributed by atoms with Crippen molar-refractivity contribution in [2.75, 3.05) is 11.5 Å². The van der Waals surface area contributed by atoms with E-state index in [2.05, 4.69) is 12.2 Å². The number of aliphatic hydroxyl groups is 1. The molecule has 0 amide bonds. The molecule has 0 aromatic carbocycles. The van der Waals surface area contributed by atoms with Crippen LogP contribution in [0.25, 0.3) is 0 Å². The zero-order valence-electron chi connectivity index (χ0n) is 19.3. The second-order valence-corrected chi connectivity index (χ2v) is 11.2. The van der Waals surface area contributed by atoms with Crippen molar-refractivity contribution in [3.8, 4) is 0 Å². The summed E-state index contributed by atoms with van der Waals surface area (Å²) in [6.07, 6.45) is 22.2. The molecule has 5 atom stereocenters. The Morgan fingerprint density at radius 3 is 2.55 bits per heavy atom. The van der Waals surface area contributed by atoms with Crippen LogP contribution in [0.2, 0.25) is 0 Å². The zero-order chi connectivity index (χ0) is 21.9. The third-order valence-corrected chi connectivity index (χ3v) is 8.84. The summed E-state index contributed by atoms with van der Waals surface area (Å²) in [5.74, 6) is 3.49. The van der Waals surface area contributed by atoms with Gasteiger partial charge in [-0.2, -0.15) is 11.8 Å². The molecule has 3 fully saturated rings. The summed E-state index contributed by atoms with van der Waals surface area (Å²) < 4.78 is 6.24. The minimum atomic E-state index is -0.702. The molecule has 1 aliphatic carbocycles. The molecule has 0 spiro atoms. The van der Waals surface area contributed by atoms with Gasteiger partial charge in [-0.1, -0.05) is 50.7 Å². The molecule has 2 aliphatic heterocycles. The summed E-state index contributed by atoms with van der Waals surface area (Å²) in [5.41, 5.74) is 0. The second-order valence-electron chi connectivity index (χ2n) is 10.1. The molecular weight excluding hydrogens is 408 g/mol. The molecule has 0 aromatic rings. The van der Waals surface area contributed by atoms with Gasteiger partial charge in [-0.15, -0.1) is 0 Å². The fourth-order valence-corrected chi connectivity index (χ4v) is 7.00. The maximum atomic E-state index is 10.6. The van der Waals surface area contributed by atoms with Crippen LogP contribution < -0.4 is 0 Å². The first-order chi connectivity index (χ1) is 15.1. The summed E-state index contributed by atoms with van der Waals surface area (Å²) in [4.78, 5) is 10.6. The van der Waals surface area contributed by atoms with Crippen LogP contribution in [-0.2, 0) is 9.53 Å². The van der Waals surface area contributed by atoms with Crippen LogP contribution in [0.15, 0.2) is 12.2 Å². The van der Waals surface area contributed by atoms with E-state index in [1.54, 1.807) is 0 Å². The molecule has 3 aliphatic rings. The van der Waals surface area contributed by atoms with E-state index in [0.29, 0.717) is 24.0 Å². The molecule has 1 unspecified atom stereocenters. The summed E-state index contributed by atoms with van der Waals surface area (Å²) in [6.45, 7) is 0. The van der Waals surface area contributed by atoms with Crippen molar-refractivity contribution in [1.82, 2.24) is 0 Å². The first-order valence-electron chi connectivity index (χ1n) is 12.9. The Labute approximate surface area is 193 Å². The highest BCUT2D eigenvalue weighted by Crippen LogP contribution is 2.47. The van der Waals surface area contributed by atoms with Gasteiger partial charge in [-0.25, -0.2) is 0 Å². The van der Waals surface area contributed by atoms with Gasteiger partial charge >= 0.3 is 5.97 Å². The number of ether oxygens (including phenoxy) is 1.